The molecule has 3 nitrogen and oxygen atoms in total. The minimum absolute atomic E-state index is 0.0580. The largest absolute Gasteiger partial charge is 0.366 e. The Hall–Kier alpha value is -1.90. The number of ketones is 2. The molecule has 2 heterocycles. The zero-order valence-corrected chi connectivity index (χ0v) is 11.4. The highest BCUT2D eigenvalue weighted by Crippen LogP contribution is 2.42. The molecule has 1 atom stereocenters. The molecular formula is C17H17NO2. The Morgan fingerprint density at radius 1 is 1.00 bits per heavy atom. The summed E-state index contributed by atoms with van der Waals surface area (Å²) in [5.74, 6) is 0.121. The van der Waals surface area contributed by atoms with Gasteiger partial charge in [-0.3, -0.25) is 9.59 Å². The molecular weight excluding hydrogens is 250 g/mol. The maximum absolute atomic E-state index is 12.4. The molecule has 0 aromatic heterocycles. The lowest BCUT2D eigenvalue weighted by Crippen LogP contribution is -2.43. The van der Waals surface area contributed by atoms with E-state index in [1.807, 2.05) is 6.07 Å². The lowest BCUT2D eigenvalue weighted by atomic mass is 9.80. The molecule has 0 fully saturated rings. The molecule has 0 saturated heterocycles. The van der Waals surface area contributed by atoms with Gasteiger partial charge in [-0.25, -0.2) is 0 Å². The summed E-state index contributed by atoms with van der Waals surface area (Å²) in [6, 6.07) is 8.55. The second-order valence-electron chi connectivity index (χ2n) is 5.88. The van der Waals surface area contributed by atoms with Gasteiger partial charge in [0, 0.05) is 25.1 Å². The van der Waals surface area contributed by atoms with Crippen molar-refractivity contribution >= 4 is 11.6 Å². The molecule has 1 unspecified atom stereocenters. The van der Waals surface area contributed by atoms with Crippen molar-refractivity contribution in [3.63, 3.8) is 0 Å². The van der Waals surface area contributed by atoms with E-state index in [0.717, 1.165) is 31.5 Å². The number of fused-ring (bicyclic) bond motifs is 4. The van der Waals surface area contributed by atoms with Crippen molar-refractivity contribution in [3.8, 4) is 0 Å². The quantitative estimate of drug-likeness (QED) is 0.678. The Bertz CT molecular complexity index is 644. The second-order valence-corrected chi connectivity index (χ2v) is 5.88. The van der Waals surface area contributed by atoms with Crippen molar-refractivity contribution in [1.29, 1.82) is 0 Å². The number of benzene rings is 1. The fraction of sp³-hybridized carbons (Fsp3) is 0.412. The molecule has 102 valence electrons. The minimum Gasteiger partial charge on any atom is -0.366 e. The summed E-state index contributed by atoms with van der Waals surface area (Å²) in [7, 11) is 0. The Morgan fingerprint density at radius 2 is 1.85 bits per heavy atom. The molecule has 1 aliphatic carbocycles. The van der Waals surface area contributed by atoms with E-state index in [1.54, 1.807) is 0 Å². The zero-order chi connectivity index (χ0) is 13.7. The normalized spacial score (nSPS) is 25.2. The number of nitrogens with zero attached hydrogens (tertiary/aromatic N) is 1. The highest BCUT2D eigenvalue weighted by Gasteiger charge is 2.40. The minimum atomic E-state index is 0.0580. The first-order valence-electron chi connectivity index (χ1n) is 7.39. The molecule has 0 radical (unpaired) electrons. The SMILES string of the molecule is O=C1CCCC2=C1C(=O)CC1c3ccccc3CCN21. The molecule has 0 saturated carbocycles. The Kier molecular flexibility index (Phi) is 2.56. The molecule has 1 aromatic rings. The molecule has 0 spiro atoms. The number of hydrogen-bond donors (Lipinski definition) is 0. The van der Waals surface area contributed by atoms with Crippen LogP contribution in [0.15, 0.2) is 35.5 Å². The van der Waals surface area contributed by atoms with Crippen LogP contribution in [0.4, 0.5) is 0 Å². The van der Waals surface area contributed by atoms with Gasteiger partial charge in [-0.2, -0.15) is 0 Å². The van der Waals surface area contributed by atoms with E-state index in [-0.39, 0.29) is 17.6 Å². The van der Waals surface area contributed by atoms with E-state index in [9.17, 15) is 9.59 Å². The average Bonchev–Trinajstić information content (AvgIpc) is 2.47. The standard InChI is InChI=1S/C17H17NO2/c19-15-7-3-6-13-17(15)16(20)10-14-12-5-2-1-4-11(12)8-9-18(13)14/h1-2,4-5,14H,3,6-10H2. The van der Waals surface area contributed by atoms with Crippen LogP contribution in [0, 0.1) is 0 Å². The van der Waals surface area contributed by atoms with Gasteiger partial charge in [0.15, 0.2) is 11.6 Å². The predicted molar refractivity (Wildman–Crippen MR) is 75.1 cm³/mol. The number of rotatable bonds is 0. The Morgan fingerprint density at radius 3 is 2.75 bits per heavy atom. The third-order valence-electron chi connectivity index (χ3n) is 4.80. The van der Waals surface area contributed by atoms with Crippen molar-refractivity contribution in [2.75, 3.05) is 6.54 Å². The van der Waals surface area contributed by atoms with Crippen LogP contribution >= 0.6 is 0 Å². The molecule has 2 aliphatic heterocycles. The van der Waals surface area contributed by atoms with E-state index < -0.39 is 0 Å². The van der Waals surface area contributed by atoms with Gasteiger partial charge < -0.3 is 4.90 Å². The van der Waals surface area contributed by atoms with Gasteiger partial charge in [0.1, 0.15) is 0 Å². The van der Waals surface area contributed by atoms with Gasteiger partial charge in [-0.15, -0.1) is 0 Å². The number of Topliss-reactive ketones (excluding diaryl/α,β-unsaturated/α-hetero) is 2. The summed E-state index contributed by atoms with van der Waals surface area (Å²) in [5.41, 5.74) is 4.17. The monoisotopic (exact) mass is 267 g/mol. The van der Waals surface area contributed by atoms with Crippen LogP contribution in [-0.2, 0) is 16.0 Å². The van der Waals surface area contributed by atoms with E-state index in [0.29, 0.717) is 18.4 Å². The summed E-state index contributed by atoms with van der Waals surface area (Å²) in [6.45, 7) is 0.932. The van der Waals surface area contributed by atoms with E-state index >= 15 is 0 Å². The van der Waals surface area contributed by atoms with Gasteiger partial charge >= 0.3 is 0 Å². The third kappa shape index (κ3) is 1.59. The highest BCUT2D eigenvalue weighted by molar-refractivity contribution is 6.21. The van der Waals surface area contributed by atoms with Gasteiger partial charge in [0.05, 0.1) is 11.6 Å². The third-order valence-corrected chi connectivity index (χ3v) is 4.80. The molecule has 20 heavy (non-hydrogen) atoms. The summed E-state index contributed by atoms with van der Waals surface area (Å²) in [4.78, 5) is 26.8. The molecule has 1 aromatic carbocycles. The summed E-state index contributed by atoms with van der Waals surface area (Å²) < 4.78 is 0. The van der Waals surface area contributed by atoms with Crippen LogP contribution < -0.4 is 0 Å². The summed E-state index contributed by atoms with van der Waals surface area (Å²) in [5, 5.41) is 0. The smallest absolute Gasteiger partial charge is 0.170 e. The first kappa shape index (κ1) is 11.9. The topological polar surface area (TPSA) is 37.4 Å². The average molecular weight is 267 g/mol. The van der Waals surface area contributed by atoms with Crippen molar-refractivity contribution in [3.05, 3.63) is 46.7 Å². The second kappa shape index (κ2) is 4.30. The first-order chi connectivity index (χ1) is 9.75. The maximum atomic E-state index is 12.4. The first-order valence-corrected chi connectivity index (χ1v) is 7.39. The van der Waals surface area contributed by atoms with Gasteiger partial charge in [-0.05, 0) is 30.4 Å². The molecule has 3 heteroatoms. The number of carbonyl (C=O) groups is 2. The Balaban J connectivity index is 1.83. The van der Waals surface area contributed by atoms with E-state index in [2.05, 4.69) is 23.1 Å². The fourth-order valence-electron chi connectivity index (χ4n) is 3.90. The number of allylic oxidation sites excluding steroid dienone is 2. The highest BCUT2D eigenvalue weighted by atomic mass is 16.1. The maximum Gasteiger partial charge on any atom is 0.170 e. The van der Waals surface area contributed by atoms with Crippen LogP contribution in [-0.4, -0.2) is 23.0 Å². The van der Waals surface area contributed by atoms with Crippen molar-refractivity contribution in [1.82, 2.24) is 4.90 Å². The predicted octanol–water partition coefficient (Wildman–Crippen LogP) is 2.57. The summed E-state index contributed by atoms with van der Waals surface area (Å²) >= 11 is 0. The van der Waals surface area contributed by atoms with Crippen LogP contribution in [0.5, 0.6) is 0 Å². The van der Waals surface area contributed by atoms with Crippen molar-refractivity contribution in [2.24, 2.45) is 0 Å². The zero-order valence-electron chi connectivity index (χ0n) is 11.4. The van der Waals surface area contributed by atoms with Gasteiger partial charge in [-0.1, -0.05) is 24.3 Å². The summed E-state index contributed by atoms with van der Waals surface area (Å²) in [6.07, 6.45) is 3.77. The lowest BCUT2D eigenvalue weighted by molar-refractivity contribution is -0.124. The van der Waals surface area contributed by atoms with Crippen LogP contribution in [0.2, 0.25) is 0 Å². The van der Waals surface area contributed by atoms with E-state index in [1.165, 1.54) is 11.1 Å². The van der Waals surface area contributed by atoms with E-state index in [4.69, 9.17) is 0 Å². The van der Waals surface area contributed by atoms with Crippen LogP contribution in [0.1, 0.15) is 42.9 Å². The number of hydrogen-bond acceptors (Lipinski definition) is 3. The molecule has 3 aliphatic rings. The van der Waals surface area contributed by atoms with Crippen molar-refractivity contribution in [2.45, 2.75) is 38.1 Å². The van der Waals surface area contributed by atoms with Gasteiger partial charge in [0.25, 0.3) is 0 Å². The van der Waals surface area contributed by atoms with Crippen LogP contribution in [0.3, 0.4) is 0 Å². The molecule has 0 bridgehead atoms. The van der Waals surface area contributed by atoms with Gasteiger partial charge in [0.2, 0.25) is 0 Å². The lowest BCUT2D eigenvalue weighted by Gasteiger charge is -2.44. The van der Waals surface area contributed by atoms with Crippen LogP contribution in [0.25, 0.3) is 0 Å². The van der Waals surface area contributed by atoms with Crippen molar-refractivity contribution < 1.29 is 9.59 Å². The number of carbonyl (C=O) groups excluding carboxylic acids is 2. The Labute approximate surface area is 118 Å². The molecule has 0 amide bonds. The molecule has 4 rings (SSSR count). The molecule has 0 N–H and O–H groups in total. The fourth-order valence-corrected chi connectivity index (χ4v) is 3.90.